The Bertz CT molecular complexity index is 719. The Kier molecular flexibility index (Phi) is 2.63. The van der Waals surface area contributed by atoms with Gasteiger partial charge in [-0.2, -0.15) is 0 Å². The average molecular weight is 303 g/mol. The first-order valence-electron chi connectivity index (χ1n) is 5.57. The molecule has 0 aromatic carbocycles. The Labute approximate surface area is 113 Å². The third-order valence-electron chi connectivity index (χ3n) is 2.79. The minimum absolute atomic E-state index is 0.747. The summed E-state index contributed by atoms with van der Waals surface area (Å²) in [6, 6.07) is 5.82. The van der Waals surface area contributed by atoms with E-state index in [1.54, 1.807) is 6.20 Å². The van der Waals surface area contributed by atoms with Crippen molar-refractivity contribution < 1.29 is 0 Å². The molecule has 0 aliphatic carbocycles. The van der Waals surface area contributed by atoms with Crippen LogP contribution in [0.2, 0.25) is 0 Å². The molecular weight excluding hydrogens is 292 g/mol. The van der Waals surface area contributed by atoms with E-state index in [0.29, 0.717) is 0 Å². The lowest BCUT2D eigenvalue weighted by molar-refractivity contribution is 0.931. The van der Waals surface area contributed by atoms with E-state index >= 15 is 0 Å². The molecule has 0 unspecified atom stereocenters. The van der Waals surface area contributed by atoms with Gasteiger partial charge in [-0.3, -0.25) is 4.98 Å². The fourth-order valence-electron chi connectivity index (χ4n) is 2.02. The van der Waals surface area contributed by atoms with Gasteiger partial charge < -0.3 is 4.57 Å². The van der Waals surface area contributed by atoms with E-state index in [9.17, 15) is 0 Å². The number of nitrogens with zero attached hydrogens (tertiary/aromatic N) is 4. The molecule has 3 aromatic heterocycles. The molecule has 3 heterocycles. The molecule has 0 bridgehead atoms. The quantitative estimate of drug-likeness (QED) is 0.694. The maximum atomic E-state index is 4.53. The fraction of sp³-hybridized carbons (Fsp3) is 0.154. The monoisotopic (exact) mass is 302 g/mol. The second-order valence-corrected chi connectivity index (χ2v) is 4.98. The summed E-state index contributed by atoms with van der Waals surface area (Å²) >= 11 is 3.56. The lowest BCUT2D eigenvalue weighted by atomic mass is 10.2. The first-order valence-corrected chi connectivity index (χ1v) is 6.36. The molecule has 0 saturated carbocycles. The van der Waals surface area contributed by atoms with E-state index in [0.717, 1.165) is 32.7 Å². The molecule has 0 saturated heterocycles. The predicted molar refractivity (Wildman–Crippen MR) is 74.2 cm³/mol. The number of aryl methyl sites for hydroxylation is 2. The largest absolute Gasteiger partial charge is 0.334 e. The van der Waals surface area contributed by atoms with Gasteiger partial charge in [0.1, 0.15) is 17.2 Å². The smallest absolute Gasteiger partial charge is 0.145 e. The summed E-state index contributed by atoms with van der Waals surface area (Å²) in [5, 5.41) is 1.00. The molecule has 90 valence electrons. The highest BCUT2D eigenvalue weighted by Crippen LogP contribution is 2.31. The van der Waals surface area contributed by atoms with Gasteiger partial charge in [0.15, 0.2) is 0 Å². The molecule has 4 nitrogen and oxygen atoms in total. The van der Waals surface area contributed by atoms with Crippen molar-refractivity contribution in [1.29, 1.82) is 0 Å². The molecular formula is C13H11BrN4. The van der Waals surface area contributed by atoms with Crippen LogP contribution in [0.4, 0.5) is 0 Å². The van der Waals surface area contributed by atoms with Gasteiger partial charge in [-0.15, -0.1) is 0 Å². The van der Waals surface area contributed by atoms with Crippen molar-refractivity contribution in [3.05, 3.63) is 40.9 Å². The van der Waals surface area contributed by atoms with Crippen LogP contribution in [-0.4, -0.2) is 19.5 Å². The molecule has 0 aliphatic rings. The molecule has 0 spiro atoms. The molecule has 0 radical (unpaired) electrons. The summed E-state index contributed by atoms with van der Waals surface area (Å²) in [4.78, 5) is 13.4. The summed E-state index contributed by atoms with van der Waals surface area (Å²) in [6.45, 7) is 1.90. The fourth-order valence-corrected chi connectivity index (χ4v) is 2.69. The van der Waals surface area contributed by atoms with Crippen LogP contribution in [-0.2, 0) is 7.05 Å². The van der Waals surface area contributed by atoms with E-state index in [-0.39, 0.29) is 0 Å². The highest BCUT2D eigenvalue weighted by Gasteiger charge is 2.15. The Morgan fingerprint density at radius 2 is 2.06 bits per heavy atom. The summed E-state index contributed by atoms with van der Waals surface area (Å²) in [5.41, 5.74) is 2.64. The van der Waals surface area contributed by atoms with Crippen molar-refractivity contribution in [1.82, 2.24) is 19.5 Å². The first-order chi connectivity index (χ1) is 8.66. The second kappa shape index (κ2) is 4.17. The summed E-state index contributed by atoms with van der Waals surface area (Å²) in [5.74, 6) is 0.747. The van der Waals surface area contributed by atoms with Gasteiger partial charge >= 0.3 is 0 Å². The van der Waals surface area contributed by atoms with Gasteiger partial charge in [-0.05, 0) is 35.0 Å². The molecule has 3 rings (SSSR count). The van der Waals surface area contributed by atoms with E-state index in [4.69, 9.17) is 0 Å². The van der Waals surface area contributed by atoms with Crippen LogP contribution >= 0.6 is 15.9 Å². The zero-order valence-corrected chi connectivity index (χ0v) is 11.6. The average Bonchev–Trinajstić information content (AvgIpc) is 2.65. The molecule has 3 aromatic rings. The minimum atomic E-state index is 0.747. The van der Waals surface area contributed by atoms with Crippen molar-refractivity contribution in [3.63, 3.8) is 0 Å². The molecule has 0 fully saturated rings. The van der Waals surface area contributed by atoms with Crippen molar-refractivity contribution >= 4 is 27.0 Å². The lowest BCUT2D eigenvalue weighted by Gasteiger charge is -2.04. The Hall–Kier alpha value is -1.75. The summed E-state index contributed by atoms with van der Waals surface area (Å²) < 4.78 is 2.97. The SMILES string of the molecule is Cc1nc(-c2ccccn2)c2c(Br)cn(C)c2n1. The van der Waals surface area contributed by atoms with Crippen molar-refractivity contribution in [3.8, 4) is 11.4 Å². The highest BCUT2D eigenvalue weighted by atomic mass is 79.9. The normalized spacial score (nSPS) is 11.1. The van der Waals surface area contributed by atoms with Crippen LogP contribution in [0.15, 0.2) is 35.1 Å². The van der Waals surface area contributed by atoms with Crippen LogP contribution in [0.3, 0.4) is 0 Å². The number of fused-ring (bicyclic) bond motifs is 1. The maximum absolute atomic E-state index is 4.53. The predicted octanol–water partition coefficient (Wildman–Crippen LogP) is 3.10. The number of hydrogen-bond acceptors (Lipinski definition) is 3. The molecule has 18 heavy (non-hydrogen) atoms. The van der Waals surface area contributed by atoms with Crippen molar-refractivity contribution in [2.45, 2.75) is 6.92 Å². The van der Waals surface area contributed by atoms with Crippen LogP contribution in [0.1, 0.15) is 5.82 Å². The van der Waals surface area contributed by atoms with E-state index in [1.807, 2.05) is 42.9 Å². The first kappa shape index (κ1) is 11.3. The van der Waals surface area contributed by atoms with Crippen LogP contribution < -0.4 is 0 Å². The van der Waals surface area contributed by atoms with Gasteiger partial charge in [0, 0.05) is 23.9 Å². The van der Waals surface area contributed by atoms with E-state index in [1.165, 1.54) is 0 Å². The van der Waals surface area contributed by atoms with Gasteiger partial charge in [0.2, 0.25) is 0 Å². The lowest BCUT2D eigenvalue weighted by Crippen LogP contribution is -1.97. The second-order valence-electron chi connectivity index (χ2n) is 4.12. The van der Waals surface area contributed by atoms with Crippen LogP contribution in [0.25, 0.3) is 22.4 Å². The standard InChI is InChI=1S/C13H11BrN4/c1-8-16-12(10-5-3-4-6-15-10)11-9(14)7-18(2)13(11)17-8/h3-7H,1-2H3. The van der Waals surface area contributed by atoms with Gasteiger partial charge in [-0.1, -0.05) is 6.07 Å². The highest BCUT2D eigenvalue weighted by molar-refractivity contribution is 9.10. The van der Waals surface area contributed by atoms with Crippen molar-refractivity contribution in [2.75, 3.05) is 0 Å². The zero-order valence-electron chi connectivity index (χ0n) is 10.1. The molecule has 5 heteroatoms. The summed E-state index contributed by atoms with van der Waals surface area (Å²) in [6.07, 6.45) is 3.76. The molecule has 0 N–H and O–H groups in total. The molecule has 0 aliphatic heterocycles. The third kappa shape index (κ3) is 1.71. The van der Waals surface area contributed by atoms with Gasteiger partial charge in [0.05, 0.1) is 11.1 Å². The molecule has 0 amide bonds. The summed E-state index contributed by atoms with van der Waals surface area (Å²) in [7, 11) is 1.97. The number of aromatic nitrogens is 4. The van der Waals surface area contributed by atoms with Crippen LogP contribution in [0.5, 0.6) is 0 Å². The topological polar surface area (TPSA) is 43.6 Å². The van der Waals surface area contributed by atoms with Gasteiger partial charge in [-0.25, -0.2) is 9.97 Å². The van der Waals surface area contributed by atoms with Crippen LogP contribution in [0, 0.1) is 6.92 Å². The van der Waals surface area contributed by atoms with E-state index in [2.05, 4.69) is 30.9 Å². The van der Waals surface area contributed by atoms with Crippen molar-refractivity contribution in [2.24, 2.45) is 7.05 Å². The number of halogens is 1. The number of rotatable bonds is 1. The molecule has 0 atom stereocenters. The Morgan fingerprint density at radius 1 is 1.22 bits per heavy atom. The third-order valence-corrected chi connectivity index (χ3v) is 3.39. The minimum Gasteiger partial charge on any atom is -0.334 e. The maximum Gasteiger partial charge on any atom is 0.145 e. The Morgan fingerprint density at radius 3 is 2.78 bits per heavy atom. The van der Waals surface area contributed by atoms with Gasteiger partial charge in [0.25, 0.3) is 0 Å². The number of pyridine rings is 1. The number of hydrogen-bond donors (Lipinski definition) is 0. The Balaban J connectivity index is 2.42. The van der Waals surface area contributed by atoms with E-state index < -0.39 is 0 Å². The zero-order chi connectivity index (χ0) is 12.7.